The van der Waals surface area contributed by atoms with Crippen LogP contribution in [0.4, 0.5) is 0 Å². The SMILES string of the molecule is CCCc1ccc(OC[C@H](O)CN2CCC(C)CC2)cc1. The highest BCUT2D eigenvalue weighted by atomic mass is 16.5. The molecule has 21 heavy (non-hydrogen) atoms. The van der Waals surface area contributed by atoms with Gasteiger partial charge in [0.2, 0.25) is 0 Å². The number of rotatable bonds is 7. The molecular weight excluding hydrogens is 262 g/mol. The zero-order valence-corrected chi connectivity index (χ0v) is 13.4. The fraction of sp³-hybridized carbons (Fsp3) is 0.667. The van der Waals surface area contributed by atoms with Crippen molar-refractivity contribution in [3.8, 4) is 5.75 Å². The van der Waals surface area contributed by atoms with E-state index in [0.29, 0.717) is 6.61 Å². The van der Waals surface area contributed by atoms with E-state index >= 15 is 0 Å². The minimum atomic E-state index is -0.409. The standard InChI is InChI=1S/C18H29NO2/c1-3-4-16-5-7-18(8-6-16)21-14-17(20)13-19-11-9-15(2)10-12-19/h5-8,15,17,20H,3-4,9-14H2,1-2H3/t17-/m1/s1. The molecule has 0 saturated carbocycles. The number of piperidine rings is 1. The smallest absolute Gasteiger partial charge is 0.119 e. The van der Waals surface area contributed by atoms with Crippen LogP contribution in [-0.2, 0) is 6.42 Å². The fourth-order valence-electron chi connectivity index (χ4n) is 2.83. The van der Waals surface area contributed by atoms with Crippen LogP contribution in [0.2, 0.25) is 0 Å². The third-order valence-corrected chi connectivity index (χ3v) is 4.25. The van der Waals surface area contributed by atoms with Gasteiger partial charge in [-0.3, -0.25) is 0 Å². The number of aryl methyl sites for hydroxylation is 1. The molecule has 1 aliphatic rings. The van der Waals surface area contributed by atoms with Crippen molar-refractivity contribution in [2.24, 2.45) is 5.92 Å². The zero-order valence-electron chi connectivity index (χ0n) is 13.4. The quantitative estimate of drug-likeness (QED) is 0.838. The predicted octanol–water partition coefficient (Wildman–Crippen LogP) is 3.11. The average Bonchev–Trinajstić information content (AvgIpc) is 2.49. The van der Waals surface area contributed by atoms with Crippen molar-refractivity contribution in [1.29, 1.82) is 0 Å². The second kappa shape index (κ2) is 8.40. The van der Waals surface area contributed by atoms with Crippen molar-refractivity contribution in [2.75, 3.05) is 26.2 Å². The van der Waals surface area contributed by atoms with Crippen molar-refractivity contribution >= 4 is 0 Å². The number of aliphatic hydroxyl groups is 1. The van der Waals surface area contributed by atoms with Gasteiger partial charge in [0.25, 0.3) is 0 Å². The Balaban J connectivity index is 1.69. The number of likely N-dealkylation sites (tertiary alicyclic amines) is 1. The van der Waals surface area contributed by atoms with Gasteiger partial charge in [-0.15, -0.1) is 0 Å². The van der Waals surface area contributed by atoms with E-state index in [-0.39, 0.29) is 0 Å². The average molecular weight is 291 g/mol. The molecule has 1 heterocycles. The van der Waals surface area contributed by atoms with Gasteiger partial charge in [-0.1, -0.05) is 32.4 Å². The number of hydrogen-bond acceptors (Lipinski definition) is 3. The van der Waals surface area contributed by atoms with Gasteiger partial charge in [0.15, 0.2) is 0 Å². The summed E-state index contributed by atoms with van der Waals surface area (Å²) in [6, 6.07) is 8.22. The summed E-state index contributed by atoms with van der Waals surface area (Å²) in [5, 5.41) is 10.1. The highest BCUT2D eigenvalue weighted by Gasteiger charge is 2.18. The van der Waals surface area contributed by atoms with Crippen LogP contribution in [0.25, 0.3) is 0 Å². The molecule has 3 nitrogen and oxygen atoms in total. The van der Waals surface area contributed by atoms with Crippen LogP contribution in [0, 0.1) is 5.92 Å². The van der Waals surface area contributed by atoms with Gasteiger partial charge in [0.1, 0.15) is 18.5 Å². The van der Waals surface area contributed by atoms with Gasteiger partial charge in [0, 0.05) is 6.54 Å². The van der Waals surface area contributed by atoms with E-state index in [9.17, 15) is 5.11 Å². The molecule has 0 unspecified atom stereocenters. The molecule has 1 aromatic rings. The maximum absolute atomic E-state index is 10.1. The first-order valence-electron chi connectivity index (χ1n) is 8.29. The molecule has 1 atom stereocenters. The third kappa shape index (κ3) is 5.68. The molecular formula is C18H29NO2. The van der Waals surface area contributed by atoms with Gasteiger partial charge < -0.3 is 14.7 Å². The lowest BCUT2D eigenvalue weighted by molar-refractivity contribution is 0.0563. The monoisotopic (exact) mass is 291 g/mol. The lowest BCUT2D eigenvalue weighted by Gasteiger charge is -2.31. The second-order valence-corrected chi connectivity index (χ2v) is 6.34. The van der Waals surface area contributed by atoms with E-state index in [0.717, 1.165) is 44.1 Å². The number of nitrogens with zero attached hydrogens (tertiary/aromatic N) is 1. The molecule has 0 spiro atoms. The summed E-state index contributed by atoms with van der Waals surface area (Å²) in [5.41, 5.74) is 1.34. The molecule has 1 aliphatic heterocycles. The summed E-state index contributed by atoms with van der Waals surface area (Å²) in [5.74, 6) is 1.68. The maximum Gasteiger partial charge on any atom is 0.119 e. The summed E-state index contributed by atoms with van der Waals surface area (Å²) in [6.07, 6.45) is 4.34. The highest BCUT2D eigenvalue weighted by Crippen LogP contribution is 2.17. The molecule has 1 aromatic carbocycles. The summed E-state index contributed by atoms with van der Waals surface area (Å²) in [4.78, 5) is 2.35. The van der Waals surface area contributed by atoms with E-state index in [1.165, 1.54) is 18.4 Å². The van der Waals surface area contributed by atoms with Crippen LogP contribution >= 0.6 is 0 Å². The van der Waals surface area contributed by atoms with Crippen LogP contribution in [0.15, 0.2) is 24.3 Å². The van der Waals surface area contributed by atoms with Crippen LogP contribution < -0.4 is 4.74 Å². The molecule has 1 saturated heterocycles. The first kappa shape index (κ1) is 16.3. The Kier molecular flexibility index (Phi) is 6.52. The van der Waals surface area contributed by atoms with Gasteiger partial charge in [-0.2, -0.15) is 0 Å². The Morgan fingerprint density at radius 2 is 1.90 bits per heavy atom. The minimum absolute atomic E-state index is 0.374. The largest absolute Gasteiger partial charge is 0.491 e. The summed E-state index contributed by atoms with van der Waals surface area (Å²) >= 11 is 0. The second-order valence-electron chi connectivity index (χ2n) is 6.34. The van der Waals surface area contributed by atoms with E-state index < -0.39 is 6.10 Å². The van der Waals surface area contributed by atoms with Gasteiger partial charge in [-0.05, 0) is 56.0 Å². The van der Waals surface area contributed by atoms with Crippen LogP contribution in [-0.4, -0.2) is 42.4 Å². The molecule has 118 valence electrons. The Morgan fingerprint density at radius 1 is 1.24 bits per heavy atom. The fourth-order valence-corrected chi connectivity index (χ4v) is 2.83. The lowest BCUT2D eigenvalue weighted by atomic mass is 9.99. The van der Waals surface area contributed by atoms with E-state index in [1.54, 1.807) is 0 Å². The summed E-state index contributed by atoms with van der Waals surface area (Å²) in [7, 11) is 0. The van der Waals surface area contributed by atoms with Crippen molar-refractivity contribution in [2.45, 2.75) is 45.6 Å². The van der Waals surface area contributed by atoms with E-state index in [1.807, 2.05) is 12.1 Å². The Morgan fingerprint density at radius 3 is 2.52 bits per heavy atom. The van der Waals surface area contributed by atoms with Crippen molar-refractivity contribution in [1.82, 2.24) is 4.90 Å². The van der Waals surface area contributed by atoms with E-state index in [4.69, 9.17) is 4.74 Å². The van der Waals surface area contributed by atoms with Crippen LogP contribution in [0.1, 0.15) is 38.7 Å². The molecule has 1 fully saturated rings. The Labute approximate surface area is 128 Å². The number of hydrogen-bond donors (Lipinski definition) is 1. The maximum atomic E-state index is 10.1. The number of benzene rings is 1. The highest BCUT2D eigenvalue weighted by molar-refractivity contribution is 5.27. The molecule has 0 amide bonds. The van der Waals surface area contributed by atoms with Gasteiger partial charge in [-0.25, -0.2) is 0 Å². The zero-order chi connectivity index (χ0) is 15.1. The predicted molar refractivity (Wildman–Crippen MR) is 86.8 cm³/mol. The molecule has 0 aromatic heterocycles. The molecule has 0 bridgehead atoms. The summed E-state index contributed by atoms with van der Waals surface area (Å²) < 4.78 is 5.69. The topological polar surface area (TPSA) is 32.7 Å². The van der Waals surface area contributed by atoms with Gasteiger partial charge >= 0.3 is 0 Å². The molecule has 1 N–H and O–H groups in total. The van der Waals surface area contributed by atoms with E-state index in [2.05, 4.69) is 30.9 Å². The van der Waals surface area contributed by atoms with Crippen LogP contribution in [0.3, 0.4) is 0 Å². The number of β-amino-alcohol motifs (C(OH)–C–C–N with tert-alkyl or cyclic N) is 1. The first-order chi connectivity index (χ1) is 10.2. The molecule has 3 heteroatoms. The van der Waals surface area contributed by atoms with Gasteiger partial charge in [0.05, 0.1) is 0 Å². The minimum Gasteiger partial charge on any atom is -0.491 e. The lowest BCUT2D eigenvalue weighted by Crippen LogP contribution is -2.40. The number of ether oxygens (including phenoxy) is 1. The Bertz CT molecular complexity index is 396. The molecule has 0 radical (unpaired) electrons. The molecule has 2 rings (SSSR count). The first-order valence-corrected chi connectivity index (χ1v) is 8.29. The number of aliphatic hydroxyl groups excluding tert-OH is 1. The Hall–Kier alpha value is -1.06. The molecule has 0 aliphatic carbocycles. The van der Waals surface area contributed by atoms with Crippen LogP contribution in [0.5, 0.6) is 5.75 Å². The third-order valence-electron chi connectivity index (χ3n) is 4.25. The van der Waals surface area contributed by atoms with Crippen molar-refractivity contribution in [3.63, 3.8) is 0 Å². The normalized spacial score (nSPS) is 18.6. The summed E-state index contributed by atoms with van der Waals surface area (Å²) in [6.45, 7) is 7.79. The van der Waals surface area contributed by atoms with Crippen molar-refractivity contribution in [3.05, 3.63) is 29.8 Å². The van der Waals surface area contributed by atoms with Crippen molar-refractivity contribution < 1.29 is 9.84 Å².